The van der Waals surface area contributed by atoms with Crippen molar-refractivity contribution in [2.75, 3.05) is 0 Å². The molecule has 0 saturated heterocycles. The van der Waals surface area contributed by atoms with Crippen molar-refractivity contribution in [1.29, 1.82) is 0 Å². The van der Waals surface area contributed by atoms with E-state index in [4.69, 9.17) is 5.73 Å². The van der Waals surface area contributed by atoms with Crippen LogP contribution in [-0.2, 0) is 0 Å². The molecule has 0 aliphatic heterocycles. The molecular weight excluding hydrogens is 170 g/mol. The maximum atomic E-state index is 6.01. The van der Waals surface area contributed by atoms with E-state index in [9.17, 15) is 0 Å². The van der Waals surface area contributed by atoms with Crippen LogP contribution in [0.5, 0.6) is 0 Å². The Morgan fingerprint density at radius 2 is 2.25 bits per heavy atom. The molecule has 4 heteroatoms. The van der Waals surface area contributed by atoms with Crippen LogP contribution in [-0.4, -0.2) is 15.4 Å². The summed E-state index contributed by atoms with van der Waals surface area (Å²) < 4.78 is 4.01. The van der Waals surface area contributed by atoms with E-state index < -0.39 is 0 Å². The van der Waals surface area contributed by atoms with Gasteiger partial charge in [0.1, 0.15) is 11.3 Å². The van der Waals surface area contributed by atoms with Gasteiger partial charge in [-0.3, -0.25) is 0 Å². The van der Waals surface area contributed by atoms with E-state index in [1.807, 2.05) is 0 Å². The molecule has 1 fully saturated rings. The van der Waals surface area contributed by atoms with Gasteiger partial charge in [-0.05, 0) is 24.4 Å². The van der Waals surface area contributed by atoms with Crippen LogP contribution < -0.4 is 5.73 Å². The van der Waals surface area contributed by atoms with Gasteiger partial charge in [0.2, 0.25) is 0 Å². The maximum absolute atomic E-state index is 6.01. The summed E-state index contributed by atoms with van der Waals surface area (Å²) in [5.41, 5.74) is 6.01. The maximum Gasteiger partial charge on any atom is 0.129 e. The summed E-state index contributed by atoms with van der Waals surface area (Å²) in [5.74, 6) is 0.478. The van der Waals surface area contributed by atoms with E-state index in [0.29, 0.717) is 12.0 Å². The molecule has 12 heavy (non-hydrogen) atoms. The van der Waals surface area contributed by atoms with Crippen LogP contribution in [0.25, 0.3) is 0 Å². The third-order valence-electron chi connectivity index (χ3n) is 2.51. The van der Waals surface area contributed by atoms with Crippen LogP contribution in [0, 0.1) is 0 Å². The first-order chi connectivity index (χ1) is 5.88. The second kappa shape index (κ2) is 3.49. The molecule has 1 saturated carbocycles. The number of nitrogens with zero attached hydrogens (tertiary/aromatic N) is 2. The summed E-state index contributed by atoms with van der Waals surface area (Å²) in [5, 5.41) is 1.13. The molecule has 0 spiro atoms. The molecule has 2 unspecified atom stereocenters. The third kappa shape index (κ3) is 1.49. The molecule has 0 amide bonds. The Morgan fingerprint density at radius 3 is 2.92 bits per heavy atom. The van der Waals surface area contributed by atoms with Crippen molar-refractivity contribution in [3.8, 4) is 0 Å². The molecule has 0 bridgehead atoms. The highest BCUT2D eigenvalue weighted by Gasteiger charge is 2.25. The summed E-state index contributed by atoms with van der Waals surface area (Å²) in [6, 6.07) is 0.312. The molecule has 2 N–H and O–H groups in total. The average Bonchev–Trinajstić information content (AvgIpc) is 2.57. The van der Waals surface area contributed by atoms with E-state index in [-0.39, 0.29) is 0 Å². The van der Waals surface area contributed by atoms with Gasteiger partial charge in [0.05, 0.1) is 0 Å². The molecule has 0 radical (unpaired) electrons. The predicted octanol–water partition coefficient (Wildman–Crippen LogP) is 1.52. The van der Waals surface area contributed by atoms with E-state index in [0.717, 1.165) is 11.4 Å². The van der Waals surface area contributed by atoms with Crippen molar-refractivity contribution in [2.24, 2.45) is 5.73 Å². The summed E-state index contributed by atoms with van der Waals surface area (Å²) in [6.45, 7) is 0. The lowest BCUT2D eigenvalue weighted by molar-refractivity contribution is 0.384. The Labute approximate surface area is 76.2 Å². The number of rotatable bonds is 1. The zero-order valence-corrected chi connectivity index (χ0v) is 7.76. The first-order valence-corrected chi connectivity index (χ1v) is 5.17. The quantitative estimate of drug-likeness (QED) is 0.718. The summed E-state index contributed by atoms with van der Waals surface area (Å²) in [4.78, 5) is 4.22. The number of nitrogens with two attached hydrogens (primary N) is 1. The average molecular weight is 183 g/mol. The van der Waals surface area contributed by atoms with Gasteiger partial charge in [0.15, 0.2) is 0 Å². The van der Waals surface area contributed by atoms with Crippen molar-refractivity contribution in [1.82, 2.24) is 9.36 Å². The number of hydrogen-bond acceptors (Lipinski definition) is 4. The van der Waals surface area contributed by atoms with Crippen LogP contribution in [0.3, 0.4) is 0 Å². The lowest BCUT2D eigenvalue weighted by atomic mass is 9.85. The first kappa shape index (κ1) is 8.13. The fourth-order valence-electron chi connectivity index (χ4n) is 1.81. The van der Waals surface area contributed by atoms with Crippen LogP contribution in [0.15, 0.2) is 6.33 Å². The zero-order valence-electron chi connectivity index (χ0n) is 6.94. The zero-order chi connectivity index (χ0) is 8.39. The van der Waals surface area contributed by atoms with Crippen molar-refractivity contribution in [3.05, 3.63) is 11.3 Å². The molecular formula is C8H13N3S. The minimum atomic E-state index is 0.312. The molecule has 0 aromatic carbocycles. The van der Waals surface area contributed by atoms with Gasteiger partial charge in [0, 0.05) is 12.0 Å². The Morgan fingerprint density at radius 1 is 1.42 bits per heavy atom. The van der Waals surface area contributed by atoms with Crippen LogP contribution >= 0.6 is 11.5 Å². The third-order valence-corrected chi connectivity index (χ3v) is 3.31. The summed E-state index contributed by atoms with van der Waals surface area (Å²) >= 11 is 1.49. The van der Waals surface area contributed by atoms with Gasteiger partial charge in [0.25, 0.3) is 0 Å². The normalized spacial score (nSPS) is 30.4. The second-order valence-corrected chi connectivity index (χ2v) is 4.15. The van der Waals surface area contributed by atoms with Crippen LogP contribution in [0.1, 0.15) is 36.6 Å². The van der Waals surface area contributed by atoms with E-state index in [1.165, 1.54) is 30.8 Å². The fourth-order valence-corrected chi connectivity index (χ4v) is 2.54. The molecule has 1 heterocycles. The van der Waals surface area contributed by atoms with Crippen molar-refractivity contribution in [3.63, 3.8) is 0 Å². The Bertz CT molecular complexity index is 234. The van der Waals surface area contributed by atoms with Crippen LogP contribution in [0.4, 0.5) is 0 Å². The minimum Gasteiger partial charge on any atom is -0.327 e. The highest BCUT2D eigenvalue weighted by molar-refractivity contribution is 7.05. The lowest BCUT2D eigenvalue weighted by Crippen LogP contribution is -2.31. The molecule has 66 valence electrons. The van der Waals surface area contributed by atoms with Crippen molar-refractivity contribution < 1.29 is 0 Å². The fraction of sp³-hybridized carbons (Fsp3) is 0.750. The molecule has 1 aromatic rings. The summed E-state index contributed by atoms with van der Waals surface area (Å²) in [6.07, 6.45) is 6.52. The van der Waals surface area contributed by atoms with Gasteiger partial charge in [-0.1, -0.05) is 12.8 Å². The van der Waals surface area contributed by atoms with Crippen molar-refractivity contribution in [2.45, 2.75) is 37.6 Å². The Kier molecular flexibility index (Phi) is 2.37. The molecule has 2 rings (SSSR count). The minimum absolute atomic E-state index is 0.312. The first-order valence-electron chi connectivity index (χ1n) is 4.40. The van der Waals surface area contributed by atoms with Gasteiger partial charge >= 0.3 is 0 Å². The molecule has 2 atom stereocenters. The lowest BCUT2D eigenvalue weighted by Gasteiger charge is -2.26. The summed E-state index contributed by atoms with van der Waals surface area (Å²) in [7, 11) is 0. The standard InChI is InChI=1S/C8H13N3S/c9-7-4-2-1-3-6(7)8-10-5-11-12-8/h5-7H,1-4,9H2. The van der Waals surface area contributed by atoms with Gasteiger partial charge in [-0.25, -0.2) is 4.98 Å². The van der Waals surface area contributed by atoms with Crippen molar-refractivity contribution >= 4 is 11.5 Å². The van der Waals surface area contributed by atoms with Gasteiger partial charge in [-0.15, -0.1) is 0 Å². The molecule has 1 aromatic heterocycles. The van der Waals surface area contributed by atoms with E-state index >= 15 is 0 Å². The topological polar surface area (TPSA) is 51.8 Å². The van der Waals surface area contributed by atoms with Crippen LogP contribution in [0.2, 0.25) is 0 Å². The van der Waals surface area contributed by atoms with E-state index in [1.54, 1.807) is 6.33 Å². The monoisotopic (exact) mass is 183 g/mol. The second-order valence-electron chi connectivity index (χ2n) is 3.33. The highest BCUT2D eigenvalue weighted by Crippen LogP contribution is 2.31. The molecule has 3 nitrogen and oxygen atoms in total. The Hall–Kier alpha value is -0.480. The molecule has 1 aliphatic rings. The largest absolute Gasteiger partial charge is 0.327 e. The van der Waals surface area contributed by atoms with Gasteiger partial charge in [-0.2, -0.15) is 4.37 Å². The highest BCUT2D eigenvalue weighted by atomic mass is 32.1. The smallest absolute Gasteiger partial charge is 0.129 e. The predicted molar refractivity (Wildman–Crippen MR) is 49.1 cm³/mol. The number of hydrogen-bond donors (Lipinski definition) is 1. The number of aromatic nitrogens is 2. The Balaban J connectivity index is 2.11. The van der Waals surface area contributed by atoms with Gasteiger partial charge < -0.3 is 5.73 Å². The molecule has 1 aliphatic carbocycles. The van der Waals surface area contributed by atoms with E-state index in [2.05, 4.69) is 9.36 Å². The SMILES string of the molecule is NC1CCCCC1c1ncns1.